The van der Waals surface area contributed by atoms with Gasteiger partial charge in [-0.2, -0.15) is 0 Å². The van der Waals surface area contributed by atoms with Gasteiger partial charge < -0.3 is 33.8 Å². The Morgan fingerprint density at radius 2 is 0.600 bits per heavy atom. The maximum Gasteiger partial charge on any atom is 0.472 e. The van der Waals surface area contributed by atoms with Gasteiger partial charge in [0.05, 0.1) is 26.4 Å². The number of ether oxygens (including phenoxy) is 4. The molecule has 3 N–H and O–H groups in total. The minimum absolute atomic E-state index is 0.0962. The van der Waals surface area contributed by atoms with Gasteiger partial charge in [0.15, 0.2) is 12.2 Å². The lowest BCUT2D eigenvalue weighted by Crippen LogP contribution is -2.30. The largest absolute Gasteiger partial charge is 0.472 e. The Bertz CT molecular complexity index is 1860. The molecular weight excluding hydrogens is 1190 g/mol. The lowest BCUT2D eigenvalue weighted by atomic mass is 10.0. The van der Waals surface area contributed by atoms with Crippen molar-refractivity contribution < 1.29 is 80.2 Å². The summed E-state index contributed by atoms with van der Waals surface area (Å²) in [7, 11) is -9.91. The highest BCUT2D eigenvalue weighted by Crippen LogP contribution is 2.45. The zero-order chi connectivity index (χ0) is 66.6. The standard InChI is InChI=1S/C71H134O17P2/c1-8-9-10-11-12-13-14-15-16-17-21-24-31-38-45-52-68(73)81-58-67(88-71(76)55-48-41-34-27-30-37-44-51-64(6)7)61-86-90(79,80)84-57-65(72)56-83-89(77,78)85-60-66(59-82-69(74)53-46-39-33-26-29-36-43-50-63(4)5)87-70(75)54-47-40-32-25-22-19-18-20-23-28-35-42-49-62(2)3/h13-16,62-67,72H,8-12,17-61H2,1-7H3,(H,77,78)(H,79,80)/b14-13-,16-15-/t65?,66-,67-/m1/s1. The van der Waals surface area contributed by atoms with Gasteiger partial charge in [0.25, 0.3) is 0 Å². The molecule has 0 spiro atoms. The third-order valence-corrected chi connectivity index (χ3v) is 17.7. The summed E-state index contributed by atoms with van der Waals surface area (Å²) >= 11 is 0. The van der Waals surface area contributed by atoms with Gasteiger partial charge in [-0.25, -0.2) is 9.13 Å². The smallest absolute Gasteiger partial charge is 0.462 e. The molecule has 0 radical (unpaired) electrons. The number of aliphatic hydroxyl groups is 1. The molecule has 0 aromatic rings. The van der Waals surface area contributed by atoms with E-state index in [0.29, 0.717) is 37.5 Å². The number of esters is 4. The van der Waals surface area contributed by atoms with Crippen LogP contribution in [0.15, 0.2) is 24.3 Å². The normalized spacial score (nSPS) is 14.4. The number of phosphoric ester groups is 2. The number of hydrogen-bond acceptors (Lipinski definition) is 15. The predicted octanol–water partition coefficient (Wildman–Crippen LogP) is 19.8. The van der Waals surface area contributed by atoms with Crippen molar-refractivity contribution >= 4 is 39.5 Å². The van der Waals surface area contributed by atoms with Crippen LogP contribution < -0.4 is 0 Å². The Kier molecular flexibility index (Phi) is 59.7. The van der Waals surface area contributed by atoms with Crippen molar-refractivity contribution in [1.29, 1.82) is 0 Å². The van der Waals surface area contributed by atoms with Gasteiger partial charge in [-0.1, -0.05) is 278 Å². The number of rotatable bonds is 67. The van der Waals surface area contributed by atoms with E-state index >= 15 is 0 Å². The second kappa shape index (κ2) is 61.4. The summed E-state index contributed by atoms with van der Waals surface area (Å²) in [6.07, 6.45) is 48.2. The average molecular weight is 1320 g/mol. The van der Waals surface area contributed by atoms with Gasteiger partial charge >= 0.3 is 39.5 Å². The SMILES string of the molecule is CCCCCC/C=C\C=C/CCCCCCCC(=O)OC[C@H](COP(=O)(O)OCC(O)COP(=O)(O)OC[C@@H](COC(=O)CCCCCCCCCC(C)C)OC(=O)CCCCCCCCCCCCCCC(C)C)OC(=O)CCCCCCCCCC(C)C. The summed E-state index contributed by atoms with van der Waals surface area (Å²) in [5, 5.41) is 10.6. The Labute approximate surface area is 548 Å². The summed E-state index contributed by atoms with van der Waals surface area (Å²) in [6, 6.07) is 0. The molecular formula is C71H134O17P2. The molecule has 0 bridgehead atoms. The first kappa shape index (κ1) is 87.5. The zero-order valence-corrected chi connectivity index (χ0v) is 59.9. The molecule has 0 aliphatic heterocycles. The van der Waals surface area contributed by atoms with Gasteiger partial charge in [-0.3, -0.25) is 37.3 Å². The molecule has 3 unspecified atom stereocenters. The summed E-state index contributed by atoms with van der Waals surface area (Å²) in [6.45, 7) is 11.7. The van der Waals surface area contributed by atoms with Crippen LogP contribution in [-0.2, 0) is 65.4 Å². The van der Waals surface area contributed by atoms with Crippen LogP contribution in [0.5, 0.6) is 0 Å². The fraction of sp³-hybridized carbons (Fsp3) is 0.887. The van der Waals surface area contributed by atoms with Crippen molar-refractivity contribution in [3.8, 4) is 0 Å². The van der Waals surface area contributed by atoms with Crippen molar-refractivity contribution in [3.05, 3.63) is 24.3 Å². The van der Waals surface area contributed by atoms with E-state index in [1.165, 1.54) is 116 Å². The Hall–Kier alpha value is -2.46. The molecule has 0 saturated heterocycles. The van der Waals surface area contributed by atoms with Crippen LogP contribution in [-0.4, -0.2) is 96.7 Å². The van der Waals surface area contributed by atoms with E-state index in [9.17, 15) is 43.2 Å². The highest BCUT2D eigenvalue weighted by atomic mass is 31.2. The number of carbonyl (C=O) groups excluding carboxylic acids is 4. The molecule has 0 aromatic heterocycles. The van der Waals surface area contributed by atoms with Gasteiger partial charge in [-0.05, 0) is 69.1 Å². The maximum absolute atomic E-state index is 13.0. The van der Waals surface area contributed by atoms with E-state index in [2.05, 4.69) is 72.8 Å². The summed E-state index contributed by atoms with van der Waals surface area (Å²) in [4.78, 5) is 72.5. The van der Waals surface area contributed by atoms with E-state index in [4.69, 9.17) is 37.0 Å². The lowest BCUT2D eigenvalue weighted by Gasteiger charge is -2.21. The molecule has 19 heteroatoms. The Morgan fingerprint density at radius 3 is 0.900 bits per heavy atom. The monoisotopic (exact) mass is 1320 g/mol. The van der Waals surface area contributed by atoms with E-state index in [1.807, 2.05) is 0 Å². The number of hydrogen-bond donors (Lipinski definition) is 3. The van der Waals surface area contributed by atoms with Crippen LogP contribution >= 0.6 is 15.6 Å². The third-order valence-electron chi connectivity index (χ3n) is 15.8. The lowest BCUT2D eigenvalue weighted by molar-refractivity contribution is -0.161. The van der Waals surface area contributed by atoms with Crippen LogP contribution in [0.1, 0.15) is 331 Å². The van der Waals surface area contributed by atoms with Gasteiger partial charge in [0, 0.05) is 25.7 Å². The van der Waals surface area contributed by atoms with Crippen LogP contribution in [0.3, 0.4) is 0 Å². The molecule has 0 amide bonds. The van der Waals surface area contributed by atoms with Gasteiger partial charge in [0.1, 0.15) is 19.3 Å². The minimum Gasteiger partial charge on any atom is -0.462 e. The van der Waals surface area contributed by atoms with Crippen molar-refractivity contribution in [1.82, 2.24) is 0 Å². The quantitative estimate of drug-likeness (QED) is 0.0169. The summed E-state index contributed by atoms with van der Waals surface area (Å²) < 4.78 is 68.2. The first-order valence-electron chi connectivity index (χ1n) is 36.2. The first-order valence-corrected chi connectivity index (χ1v) is 39.2. The fourth-order valence-corrected chi connectivity index (χ4v) is 11.8. The first-order chi connectivity index (χ1) is 43.2. The highest BCUT2D eigenvalue weighted by molar-refractivity contribution is 7.47. The molecule has 0 aliphatic rings. The molecule has 0 fully saturated rings. The topological polar surface area (TPSA) is 237 Å². The van der Waals surface area contributed by atoms with Crippen molar-refractivity contribution in [2.75, 3.05) is 39.6 Å². The third kappa shape index (κ3) is 64.3. The molecule has 0 saturated carbocycles. The predicted molar refractivity (Wildman–Crippen MR) is 363 cm³/mol. The molecule has 0 aliphatic carbocycles. The number of carbonyl (C=O) groups is 4. The zero-order valence-electron chi connectivity index (χ0n) is 58.1. The molecule has 5 atom stereocenters. The minimum atomic E-state index is -4.96. The van der Waals surface area contributed by atoms with Crippen molar-refractivity contribution in [3.63, 3.8) is 0 Å². The van der Waals surface area contributed by atoms with Crippen molar-refractivity contribution in [2.24, 2.45) is 17.8 Å². The van der Waals surface area contributed by atoms with Crippen LogP contribution in [0.25, 0.3) is 0 Å². The van der Waals surface area contributed by atoms with E-state index in [1.54, 1.807) is 0 Å². The number of phosphoric acid groups is 2. The fourth-order valence-electron chi connectivity index (χ4n) is 10.2. The maximum atomic E-state index is 13.0. The number of unbranched alkanes of at least 4 members (excludes halogenated alkanes) is 32. The second-order valence-electron chi connectivity index (χ2n) is 26.4. The molecule has 0 heterocycles. The molecule has 17 nitrogen and oxygen atoms in total. The summed E-state index contributed by atoms with van der Waals surface area (Å²) in [5.41, 5.74) is 0. The molecule has 0 rings (SSSR count). The van der Waals surface area contributed by atoms with E-state index < -0.39 is 97.5 Å². The number of allylic oxidation sites excluding steroid dienone is 4. The molecule has 90 heavy (non-hydrogen) atoms. The molecule has 530 valence electrons. The highest BCUT2D eigenvalue weighted by Gasteiger charge is 2.30. The van der Waals surface area contributed by atoms with E-state index in [-0.39, 0.29) is 25.7 Å². The van der Waals surface area contributed by atoms with E-state index in [0.717, 1.165) is 121 Å². The second-order valence-corrected chi connectivity index (χ2v) is 29.3. The Balaban J connectivity index is 5.26. The van der Waals surface area contributed by atoms with Crippen LogP contribution in [0.4, 0.5) is 0 Å². The van der Waals surface area contributed by atoms with Crippen LogP contribution in [0, 0.1) is 17.8 Å². The Morgan fingerprint density at radius 1 is 0.344 bits per heavy atom. The van der Waals surface area contributed by atoms with Gasteiger partial charge in [-0.15, -0.1) is 0 Å². The van der Waals surface area contributed by atoms with Gasteiger partial charge in [0.2, 0.25) is 0 Å². The van der Waals surface area contributed by atoms with Crippen molar-refractivity contribution in [2.45, 2.75) is 349 Å². The van der Waals surface area contributed by atoms with Crippen LogP contribution in [0.2, 0.25) is 0 Å². The molecule has 0 aromatic carbocycles. The summed E-state index contributed by atoms with van der Waals surface area (Å²) in [5.74, 6) is 0.0122. The number of aliphatic hydroxyl groups excluding tert-OH is 1. The average Bonchev–Trinajstić information content (AvgIpc) is 2.95.